The average molecular weight is 197 g/mol. The van der Waals surface area contributed by atoms with Gasteiger partial charge in [-0.3, -0.25) is 0 Å². The molecule has 1 aromatic carbocycles. The van der Waals surface area contributed by atoms with Crippen LogP contribution in [0.1, 0.15) is 18.9 Å². The van der Waals surface area contributed by atoms with E-state index in [1.54, 1.807) is 12.1 Å². The smallest absolute Gasteiger partial charge is 0.123 e. The normalized spacial score (nSPS) is 15.1. The van der Waals surface area contributed by atoms with E-state index in [0.29, 0.717) is 6.54 Å². The zero-order valence-corrected chi connectivity index (χ0v) is 8.33. The fraction of sp³-hybridized carbons (Fsp3) is 0.455. The molecule has 0 fully saturated rings. The average Bonchev–Trinajstić information content (AvgIpc) is 2.24. The number of halogens is 1. The molecule has 0 saturated carbocycles. The van der Waals surface area contributed by atoms with Crippen molar-refractivity contribution >= 4 is 0 Å². The number of aliphatic hydroxyl groups excluding tert-OH is 1. The van der Waals surface area contributed by atoms with Crippen LogP contribution in [0.25, 0.3) is 0 Å². The van der Waals surface area contributed by atoms with E-state index in [1.165, 1.54) is 12.1 Å². The van der Waals surface area contributed by atoms with Crippen molar-refractivity contribution in [2.45, 2.75) is 18.8 Å². The number of nitrogens with two attached hydrogens (primary N) is 1. The van der Waals surface area contributed by atoms with E-state index in [2.05, 4.69) is 0 Å². The summed E-state index contributed by atoms with van der Waals surface area (Å²) in [5.41, 5.74) is 6.12. The quantitative estimate of drug-likeness (QED) is 0.767. The van der Waals surface area contributed by atoms with Crippen molar-refractivity contribution in [1.82, 2.24) is 0 Å². The molecule has 0 saturated heterocycles. The number of hydrogen-bond donors (Lipinski definition) is 2. The van der Waals surface area contributed by atoms with Crippen molar-refractivity contribution in [3.8, 4) is 0 Å². The Balaban J connectivity index is 3.05. The topological polar surface area (TPSA) is 46.2 Å². The molecular weight excluding hydrogens is 181 g/mol. The van der Waals surface area contributed by atoms with Gasteiger partial charge in [0.05, 0.1) is 6.61 Å². The van der Waals surface area contributed by atoms with Gasteiger partial charge in [0, 0.05) is 12.0 Å². The third-order valence-corrected chi connectivity index (χ3v) is 2.83. The summed E-state index contributed by atoms with van der Waals surface area (Å²) >= 11 is 0. The van der Waals surface area contributed by atoms with Crippen LogP contribution in [0.15, 0.2) is 24.3 Å². The van der Waals surface area contributed by atoms with Gasteiger partial charge in [-0.1, -0.05) is 19.1 Å². The lowest BCUT2D eigenvalue weighted by Crippen LogP contribution is -2.38. The van der Waals surface area contributed by atoms with E-state index in [0.717, 1.165) is 12.0 Å². The molecule has 1 rings (SSSR count). The van der Waals surface area contributed by atoms with Crippen molar-refractivity contribution in [3.63, 3.8) is 0 Å². The predicted octanol–water partition coefficient (Wildman–Crippen LogP) is 1.42. The molecule has 0 amide bonds. The van der Waals surface area contributed by atoms with Crippen LogP contribution in [0.5, 0.6) is 0 Å². The highest BCUT2D eigenvalue weighted by atomic mass is 19.1. The molecule has 3 N–H and O–H groups in total. The van der Waals surface area contributed by atoms with Crippen LogP contribution >= 0.6 is 0 Å². The summed E-state index contributed by atoms with van der Waals surface area (Å²) in [6.07, 6.45) is 0.742. The molecule has 0 aliphatic carbocycles. The van der Waals surface area contributed by atoms with Gasteiger partial charge in [0.25, 0.3) is 0 Å². The van der Waals surface area contributed by atoms with Crippen molar-refractivity contribution in [2.24, 2.45) is 5.73 Å². The minimum Gasteiger partial charge on any atom is -0.395 e. The van der Waals surface area contributed by atoms with E-state index in [1.807, 2.05) is 6.92 Å². The number of benzene rings is 1. The molecule has 1 unspecified atom stereocenters. The highest BCUT2D eigenvalue weighted by Gasteiger charge is 2.27. The maximum absolute atomic E-state index is 12.7. The van der Waals surface area contributed by atoms with E-state index in [4.69, 9.17) is 5.73 Å². The van der Waals surface area contributed by atoms with Crippen LogP contribution in [0.3, 0.4) is 0 Å². The van der Waals surface area contributed by atoms with Gasteiger partial charge in [0.15, 0.2) is 0 Å². The highest BCUT2D eigenvalue weighted by Crippen LogP contribution is 2.26. The molecule has 2 nitrogen and oxygen atoms in total. The van der Waals surface area contributed by atoms with E-state index in [9.17, 15) is 9.50 Å². The maximum atomic E-state index is 12.7. The Bertz CT molecular complexity index is 272. The summed E-state index contributed by atoms with van der Waals surface area (Å²) in [5.74, 6) is -0.270. The molecule has 0 aromatic heterocycles. The predicted molar refractivity (Wildman–Crippen MR) is 54.5 cm³/mol. The first-order chi connectivity index (χ1) is 6.68. The number of rotatable bonds is 4. The molecular formula is C11H16FNO. The molecule has 0 spiro atoms. The number of hydrogen-bond acceptors (Lipinski definition) is 2. The second kappa shape index (κ2) is 4.53. The van der Waals surface area contributed by atoms with Gasteiger partial charge in [0.2, 0.25) is 0 Å². The van der Waals surface area contributed by atoms with Crippen molar-refractivity contribution < 1.29 is 9.50 Å². The first-order valence-corrected chi connectivity index (χ1v) is 4.75. The molecule has 1 aromatic rings. The van der Waals surface area contributed by atoms with Gasteiger partial charge >= 0.3 is 0 Å². The zero-order chi connectivity index (χ0) is 10.6. The van der Waals surface area contributed by atoms with Crippen molar-refractivity contribution in [2.75, 3.05) is 13.2 Å². The fourth-order valence-corrected chi connectivity index (χ4v) is 1.54. The molecule has 78 valence electrons. The van der Waals surface area contributed by atoms with E-state index in [-0.39, 0.29) is 12.4 Å². The van der Waals surface area contributed by atoms with Gasteiger partial charge in [-0.05, 0) is 24.1 Å². The van der Waals surface area contributed by atoms with Gasteiger partial charge < -0.3 is 10.8 Å². The minimum atomic E-state index is -0.423. The lowest BCUT2D eigenvalue weighted by molar-refractivity contribution is 0.192. The molecule has 1 atom stereocenters. The Hall–Kier alpha value is -0.930. The van der Waals surface area contributed by atoms with Crippen molar-refractivity contribution in [3.05, 3.63) is 35.6 Å². The summed E-state index contributed by atoms with van der Waals surface area (Å²) in [7, 11) is 0. The maximum Gasteiger partial charge on any atom is 0.123 e. The summed E-state index contributed by atoms with van der Waals surface area (Å²) in [6.45, 7) is 2.32. The molecule has 0 aliphatic rings. The van der Waals surface area contributed by atoms with Crippen molar-refractivity contribution in [1.29, 1.82) is 0 Å². The molecule has 0 heterocycles. The SMILES string of the molecule is CCC(CN)(CO)c1ccc(F)cc1. The lowest BCUT2D eigenvalue weighted by atomic mass is 9.79. The van der Waals surface area contributed by atoms with Crippen LogP contribution in [0, 0.1) is 5.82 Å². The molecule has 0 radical (unpaired) electrons. The number of aliphatic hydroxyl groups is 1. The van der Waals surface area contributed by atoms with Crippen LogP contribution < -0.4 is 5.73 Å². The Morgan fingerprint density at radius 3 is 2.29 bits per heavy atom. The third kappa shape index (κ3) is 1.94. The Kier molecular flexibility index (Phi) is 3.61. The van der Waals surface area contributed by atoms with Crippen LogP contribution in [0.4, 0.5) is 4.39 Å². The fourth-order valence-electron chi connectivity index (χ4n) is 1.54. The summed E-state index contributed by atoms with van der Waals surface area (Å²) < 4.78 is 12.7. The van der Waals surface area contributed by atoms with Crippen LogP contribution in [-0.2, 0) is 5.41 Å². The minimum absolute atomic E-state index is 0.00830. The van der Waals surface area contributed by atoms with Gasteiger partial charge in [0.1, 0.15) is 5.82 Å². The first-order valence-electron chi connectivity index (χ1n) is 4.75. The Labute approximate surface area is 83.6 Å². The summed E-state index contributed by atoms with van der Waals surface area (Å²) in [6, 6.07) is 6.15. The van der Waals surface area contributed by atoms with E-state index < -0.39 is 5.41 Å². The van der Waals surface area contributed by atoms with Gasteiger partial charge in [-0.25, -0.2) is 4.39 Å². The largest absolute Gasteiger partial charge is 0.395 e. The molecule has 0 bridgehead atoms. The van der Waals surface area contributed by atoms with Crippen LogP contribution in [-0.4, -0.2) is 18.3 Å². The monoisotopic (exact) mass is 197 g/mol. The summed E-state index contributed by atoms with van der Waals surface area (Å²) in [5, 5.41) is 9.33. The van der Waals surface area contributed by atoms with Gasteiger partial charge in [-0.15, -0.1) is 0 Å². The molecule has 3 heteroatoms. The van der Waals surface area contributed by atoms with Gasteiger partial charge in [-0.2, -0.15) is 0 Å². The van der Waals surface area contributed by atoms with E-state index >= 15 is 0 Å². The second-order valence-electron chi connectivity index (χ2n) is 3.50. The second-order valence-corrected chi connectivity index (χ2v) is 3.50. The molecule has 0 aliphatic heterocycles. The standard InChI is InChI=1S/C11H16FNO/c1-2-11(7-13,8-14)9-3-5-10(12)6-4-9/h3-6,14H,2,7-8,13H2,1H3. The van der Waals surface area contributed by atoms with Crippen LogP contribution in [0.2, 0.25) is 0 Å². The molecule has 14 heavy (non-hydrogen) atoms. The Morgan fingerprint density at radius 2 is 1.93 bits per heavy atom. The highest BCUT2D eigenvalue weighted by molar-refractivity contribution is 5.26. The first kappa shape index (κ1) is 11.1. The lowest BCUT2D eigenvalue weighted by Gasteiger charge is -2.29. The summed E-state index contributed by atoms with van der Waals surface area (Å²) in [4.78, 5) is 0. The zero-order valence-electron chi connectivity index (χ0n) is 8.33. The third-order valence-electron chi connectivity index (χ3n) is 2.83. The Morgan fingerprint density at radius 1 is 1.36 bits per heavy atom.